The predicted molar refractivity (Wildman–Crippen MR) is 539 cm³/mol. The van der Waals surface area contributed by atoms with Crippen LogP contribution >= 0.6 is 66.4 Å². The number of rotatable bonds is 33. The molecule has 0 spiro atoms. The molecule has 6 aliphatic rings. The lowest BCUT2D eigenvalue weighted by Crippen LogP contribution is -2.63. The standard InChI is InChI=1S/C95H123Cl2N17O26S4/c1-49-19-17-21-67(133-15)94(129)45-65(135-90(127)105-94)51(3)81-92(7,139-81)69(43-76(120)113(11)61-39-55(37-49)41-63(131-13)78(61)96)137-87(125)53(5)111(9)74(118)31-35-143-141-33-29-72(116)108-107-71(115)28-27-60(102-84(122)57-23-25-58(26-24-57)99-47-59-48-100-83-80(101-59)86(124)104-89(98)103-83)85(123)110-109-73(117)30-34-142-144-36-32-75(119)112(10)54(6)88(126)138-70-44-77(121)114(12)62-40-56(42-64(132-14)79(62)97)38-50(2)20-18-22-68(134-16)95(130)46-66(136-91(128)106-95)52(4)82-93(70,8)140-82/h17-26,39-42,48,51-54,60,65-70,81-82,99,129-130H,27-38,43-47H2,1-16H3,(H,102,122)(H,105,127)(H,106,128)(H,107,115)(H,108,116)(H,109,117)(H,110,123)(H3,98,100,103,104,124)/b21-17-,22-18?,49-19-,50-20-/t51-,52-,53+,54+,60+,65+,66+,67-,68-,69?,70?,81+,82+,92+,93+,94+,95+/m1/s1. The van der Waals surface area contributed by atoms with Crippen LogP contribution in [-0.2, 0) is 105 Å². The number of nitrogens with zero attached hydrogens (tertiary/aromatic N) is 7. The minimum atomic E-state index is -1.94. The number of aliphatic hydroxyl groups is 2. The number of nitrogens with one attached hydrogen (secondary N) is 9. The third kappa shape index (κ3) is 28.8. The first-order chi connectivity index (χ1) is 68.2. The van der Waals surface area contributed by atoms with Crippen LogP contribution in [0.2, 0.25) is 10.0 Å². The number of hydrazine groups is 2. The fraction of sp³-hybridized carbons (Fsp3) is 0.526. The summed E-state index contributed by atoms with van der Waals surface area (Å²) in [5, 5.41) is 35.0. The molecule has 4 saturated heterocycles. The molecule has 0 aliphatic carbocycles. The van der Waals surface area contributed by atoms with Crippen LogP contribution in [0.3, 0.4) is 0 Å². The Balaban J connectivity index is 0.643. The second-order valence-corrected chi connectivity index (χ2v) is 42.4. The van der Waals surface area contributed by atoms with Crippen molar-refractivity contribution >= 4 is 178 Å². The quantitative estimate of drug-likeness (QED) is 0.00484. The van der Waals surface area contributed by atoms with E-state index in [1.807, 2.05) is 26.0 Å². The second-order valence-electron chi connectivity index (χ2n) is 36.2. The van der Waals surface area contributed by atoms with Crippen molar-refractivity contribution in [2.24, 2.45) is 11.8 Å². The van der Waals surface area contributed by atoms with Crippen LogP contribution in [0, 0.1) is 11.8 Å². The highest BCUT2D eigenvalue weighted by atomic mass is 35.5. The number of carbonyl (C=O) groups is 13. The molecule has 6 aliphatic heterocycles. The van der Waals surface area contributed by atoms with E-state index in [2.05, 4.69) is 62.9 Å². The Bertz CT molecular complexity index is 5810. The molecule has 782 valence electrons. The molecule has 4 fully saturated rings. The average molecular weight is 2120 g/mol. The number of methoxy groups -OCH3 is 4. The summed E-state index contributed by atoms with van der Waals surface area (Å²) in [6.45, 7) is 13.6. The molecule has 5 aromatic rings. The van der Waals surface area contributed by atoms with E-state index in [0.29, 0.717) is 47.1 Å². The number of H-pyrrole nitrogens is 1. The van der Waals surface area contributed by atoms with Gasteiger partial charge in [0.15, 0.2) is 22.6 Å². The first-order valence-electron chi connectivity index (χ1n) is 46.3. The van der Waals surface area contributed by atoms with Gasteiger partial charge in [0, 0.05) is 133 Å². The predicted octanol–water partition coefficient (Wildman–Crippen LogP) is 7.46. The molecule has 2 aromatic heterocycles. The van der Waals surface area contributed by atoms with E-state index in [0.717, 1.165) is 22.3 Å². The maximum absolute atomic E-state index is 14.6. The molecular weight excluding hydrogens is 1990 g/mol. The van der Waals surface area contributed by atoms with Crippen LogP contribution in [0.25, 0.3) is 11.2 Å². The summed E-state index contributed by atoms with van der Waals surface area (Å²) in [5.41, 5.74) is 12.5. The Kier molecular flexibility index (Phi) is 39.2. The van der Waals surface area contributed by atoms with Crippen molar-refractivity contribution in [1.82, 2.24) is 67.4 Å². The Morgan fingerprint density at radius 3 is 1.49 bits per heavy atom. The van der Waals surface area contributed by atoms with E-state index in [1.54, 1.807) is 88.4 Å². The van der Waals surface area contributed by atoms with Gasteiger partial charge in [0.05, 0.1) is 69.1 Å². The second kappa shape index (κ2) is 50.1. The lowest BCUT2D eigenvalue weighted by molar-refractivity contribution is -0.162. The number of fused-ring (bicyclic) bond motifs is 11. The summed E-state index contributed by atoms with van der Waals surface area (Å²) < 4.78 is 59.2. The number of carbonyl (C=O) groups excluding carboxylic acids is 13. The number of esters is 2. The van der Waals surface area contributed by atoms with Crippen molar-refractivity contribution < 1.29 is 120 Å². The molecule has 8 bridgehead atoms. The Morgan fingerprint density at radius 1 is 0.618 bits per heavy atom. The van der Waals surface area contributed by atoms with Gasteiger partial charge in [-0.15, -0.1) is 0 Å². The minimum absolute atomic E-state index is 0.0311. The molecule has 0 saturated carbocycles. The van der Waals surface area contributed by atoms with Gasteiger partial charge in [0.25, 0.3) is 11.8 Å². The molecule has 49 heteroatoms. The molecule has 17 atom stereocenters. The number of amides is 11. The van der Waals surface area contributed by atoms with Gasteiger partial charge in [-0.2, -0.15) is 4.98 Å². The third-order valence-corrected chi connectivity index (χ3v) is 31.5. The Hall–Kier alpha value is -11.5. The summed E-state index contributed by atoms with van der Waals surface area (Å²) in [6.07, 6.45) is 0.0211. The summed E-state index contributed by atoms with van der Waals surface area (Å²) in [5.74, 6) is -7.46. The largest absolute Gasteiger partial charge is 0.495 e. The number of hydrogen-bond acceptors (Lipinski definition) is 35. The van der Waals surface area contributed by atoms with Crippen molar-refractivity contribution in [3.05, 3.63) is 145 Å². The van der Waals surface area contributed by atoms with E-state index >= 15 is 0 Å². The van der Waals surface area contributed by atoms with Crippen molar-refractivity contribution in [3.63, 3.8) is 0 Å². The number of benzene rings is 3. The lowest BCUT2D eigenvalue weighted by Gasteiger charge is -2.42. The van der Waals surface area contributed by atoms with Gasteiger partial charge in [-0.1, -0.05) is 128 Å². The number of allylic oxidation sites excluding steroid dienone is 6. The number of epoxide rings is 2. The van der Waals surface area contributed by atoms with Gasteiger partial charge in [-0.3, -0.25) is 80.3 Å². The number of likely N-dealkylation sites (N-methyl/N-ethyl adjacent to an activating group) is 2. The molecule has 8 heterocycles. The van der Waals surface area contributed by atoms with Crippen LogP contribution in [0.15, 0.2) is 107 Å². The number of aromatic nitrogens is 4. The normalized spacial score (nSPS) is 25.9. The summed E-state index contributed by atoms with van der Waals surface area (Å²) in [6, 6.07) is 9.12. The molecule has 144 heavy (non-hydrogen) atoms. The van der Waals surface area contributed by atoms with E-state index in [4.69, 9.17) is 76.3 Å². The van der Waals surface area contributed by atoms with Crippen LogP contribution in [-0.4, -0.2) is 286 Å². The molecule has 3 aromatic carbocycles. The van der Waals surface area contributed by atoms with E-state index in [-0.39, 0.29) is 107 Å². The van der Waals surface area contributed by atoms with Crippen molar-refractivity contribution in [1.29, 1.82) is 0 Å². The average Bonchev–Trinajstić information content (AvgIpc) is 1.57. The summed E-state index contributed by atoms with van der Waals surface area (Å²) in [7, 11) is 16.5. The topological polar surface area (TPSA) is 568 Å². The van der Waals surface area contributed by atoms with Crippen LogP contribution in [0.5, 0.6) is 11.5 Å². The number of aromatic amines is 1. The Morgan fingerprint density at radius 2 is 1.05 bits per heavy atom. The third-order valence-electron chi connectivity index (χ3n) is 25.9. The summed E-state index contributed by atoms with van der Waals surface area (Å²) >= 11 is 13.8. The van der Waals surface area contributed by atoms with Crippen LogP contribution in [0.4, 0.5) is 32.6 Å². The SMILES string of the molecule is COc1cc2cc(c1Cl)N(C)C(=O)CC(OC(=O)[C@H](C)N(C)C(=O)CCSSCCC(=O)NNC(=O)[C@H](CCC(=O)NNC(=O)CCSSCCC(=O)N(C)[C@@H](C)C(=O)OC1CC(=O)N(C)c3cc(cc(OC)c3Cl)C/C(C)=C\C=C/[C@@H](OC)[C@@]3(O)C[C@H](OC(=O)N3)[C@@H](C)[C@@H]3O[C@@]13C)NC(=O)c1ccc(NCc3cnc4[nH]c(N)nc(=O)c4n3)cc1)[C@]1(C)O[C@H]1[C@H](C)[C@@H]1C[C@@](O)(NC(=O)O1)[C@H](OC)C=C/C=C(/C)C2. The number of hydrogen-bond donors (Lipinski definition) is 12. The number of anilines is 4. The molecule has 2 unspecified atom stereocenters. The molecule has 11 rings (SSSR count). The zero-order chi connectivity index (χ0) is 105. The number of nitrogens with two attached hydrogens (primary N) is 1. The van der Waals surface area contributed by atoms with E-state index < -0.39 is 204 Å². The van der Waals surface area contributed by atoms with Gasteiger partial charge in [0.1, 0.15) is 87.5 Å². The number of nitrogen functional groups attached to an aromatic ring is 1. The number of ether oxygens (including phenoxy) is 10. The molecule has 13 N–H and O–H groups in total. The van der Waals surface area contributed by atoms with Crippen molar-refractivity contribution in [2.45, 2.75) is 229 Å². The molecule has 43 nitrogen and oxygen atoms in total. The van der Waals surface area contributed by atoms with Gasteiger partial charge in [0.2, 0.25) is 47.3 Å². The van der Waals surface area contributed by atoms with E-state index in [9.17, 15) is 77.3 Å². The van der Waals surface area contributed by atoms with Crippen LogP contribution < -0.4 is 73.5 Å². The van der Waals surface area contributed by atoms with Crippen molar-refractivity contribution in [3.8, 4) is 11.5 Å². The smallest absolute Gasteiger partial charge is 0.409 e. The molecular formula is C95H123Cl2N17O26S4. The maximum atomic E-state index is 14.6. The molecule has 0 radical (unpaired) electrons. The molecule has 11 amide bonds. The first kappa shape index (κ1) is 113. The minimum Gasteiger partial charge on any atom is -0.495 e. The van der Waals surface area contributed by atoms with E-state index in [1.165, 1.54) is 152 Å². The highest BCUT2D eigenvalue weighted by Crippen LogP contribution is 2.52. The van der Waals surface area contributed by atoms with Gasteiger partial charge in [-0.25, -0.2) is 29.1 Å². The van der Waals surface area contributed by atoms with Gasteiger partial charge < -0.3 is 98.5 Å². The fourth-order valence-corrected chi connectivity index (χ4v) is 21.4. The zero-order valence-electron chi connectivity index (χ0n) is 82.5. The van der Waals surface area contributed by atoms with Gasteiger partial charge in [-0.05, 0) is 120 Å². The van der Waals surface area contributed by atoms with Crippen molar-refractivity contribution in [2.75, 3.05) is 100 Å². The van der Waals surface area contributed by atoms with Crippen LogP contribution in [0.1, 0.15) is 147 Å². The first-order valence-corrected chi connectivity index (χ1v) is 52.0. The number of alkyl carbamates (subject to hydrolysis) is 2. The van der Waals surface area contributed by atoms with Gasteiger partial charge >= 0.3 is 29.7 Å². The summed E-state index contributed by atoms with van der Waals surface area (Å²) in [4.78, 5) is 212. The zero-order valence-corrected chi connectivity index (χ0v) is 87.3. The lowest BCUT2D eigenvalue weighted by atomic mass is 9.83. The Labute approximate surface area is 857 Å². The maximum Gasteiger partial charge on any atom is 0.409 e. The monoisotopic (exact) mass is 2120 g/mol. The fourth-order valence-electron chi connectivity index (χ4n) is 16.9. The highest BCUT2D eigenvalue weighted by molar-refractivity contribution is 8.77. The highest BCUT2D eigenvalue weighted by Gasteiger charge is 2.66. The number of halogens is 2.